The van der Waals surface area contributed by atoms with E-state index >= 15 is 0 Å². The number of carbonyl (C=O) groups is 2. The molecule has 6 nitrogen and oxygen atoms in total. The molecule has 0 unspecified atom stereocenters. The fraction of sp³-hybridized carbons (Fsp3) is 0.238. The molecule has 0 aliphatic heterocycles. The van der Waals surface area contributed by atoms with Gasteiger partial charge in [-0.1, -0.05) is 30.3 Å². The molecule has 0 radical (unpaired) electrons. The van der Waals surface area contributed by atoms with Gasteiger partial charge in [-0.3, -0.25) is 9.59 Å². The van der Waals surface area contributed by atoms with Crippen molar-refractivity contribution in [1.82, 2.24) is 10.3 Å². The maximum atomic E-state index is 13.0. The van der Waals surface area contributed by atoms with Crippen molar-refractivity contribution in [3.63, 3.8) is 0 Å². The number of amides is 1. The maximum absolute atomic E-state index is 13.0. The molecule has 28 heavy (non-hydrogen) atoms. The second-order valence-electron chi connectivity index (χ2n) is 7.03. The average molecular weight is 391 g/mol. The third-order valence-corrected chi connectivity index (χ3v) is 6.11. The number of aromatic nitrogens is 1. The van der Waals surface area contributed by atoms with Gasteiger partial charge in [0.25, 0.3) is 0 Å². The lowest BCUT2D eigenvalue weighted by atomic mass is 9.80. The van der Waals surface area contributed by atoms with E-state index in [2.05, 4.69) is 15.1 Å². The molecule has 7 heteroatoms. The number of carboxylic acid groups (broad SMARTS) is 1. The zero-order valence-corrected chi connectivity index (χ0v) is 15.8. The lowest BCUT2D eigenvalue weighted by molar-refractivity contribution is -0.145. The van der Waals surface area contributed by atoms with Crippen LogP contribution in [0.25, 0.3) is 15.1 Å². The highest BCUT2D eigenvalue weighted by Crippen LogP contribution is 2.40. The van der Waals surface area contributed by atoms with Crippen LogP contribution < -0.4 is 5.32 Å². The Morgan fingerprint density at radius 2 is 1.93 bits per heavy atom. The van der Waals surface area contributed by atoms with Crippen LogP contribution in [-0.4, -0.2) is 22.0 Å². The Bertz CT molecular complexity index is 1100. The minimum atomic E-state index is -0.977. The summed E-state index contributed by atoms with van der Waals surface area (Å²) in [6, 6.07) is 13.0. The van der Waals surface area contributed by atoms with Gasteiger partial charge in [-0.25, -0.2) is 9.83 Å². The van der Waals surface area contributed by atoms with Gasteiger partial charge in [-0.05, 0) is 36.1 Å². The number of rotatable bonds is 5. The molecular weight excluding hydrogens is 374 g/mol. The first-order valence-electron chi connectivity index (χ1n) is 8.83. The van der Waals surface area contributed by atoms with Crippen LogP contribution in [0.15, 0.2) is 42.5 Å². The van der Waals surface area contributed by atoms with Gasteiger partial charge in [0.1, 0.15) is 5.01 Å². The van der Waals surface area contributed by atoms with Crippen LogP contribution >= 0.6 is 11.3 Å². The standard InChI is InChI=1S/C21H17N3O3S/c1-22-15-6-7-16-17(8-15)28-18(24-16)12-23-20(27)21(11-19(25)26)9-13-4-2-3-5-14(13)10-21/h2-8H,9-12H2,(H,23,27)(H,25,26). The number of aliphatic carboxylic acids is 1. The molecule has 0 fully saturated rings. The van der Waals surface area contributed by atoms with E-state index < -0.39 is 11.4 Å². The van der Waals surface area contributed by atoms with Crippen molar-refractivity contribution in [3.05, 3.63) is 70.0 Å². The van der Waals surface area contributed by atoms with Crippen LogP contribution in [0.3, 0.4) is 0 Å². The van der Waals surface area contributed by atoms with Crippen LogP contribution in [-0.2, 0) is 29.0 Å². The summed E-state index contributed by atoms with van der Waals surface area (Å²) in [5.41, 5.74) is 2.44. The molecule has 4 rings (SSSR count). The summed E-state index contributed by atoms with van der Waals surface area (Å²) in [6.45, 7) is 7.33. The summed E-state index contributed by atoms with van der Waals surface area (Å²) >= 11 is 1.43. The first kappa shape index (κ1) is 18.1. The first-order chi connectivity index (χ1) is 13.5. The molecule has 0 spiro atoms. The molecule has 0 saturated heterocycles. The van der Waals surface area contributed by atoms with Crippen LogP contribution in [0.1, 0.15) is 22.6 Å². The first-order valence-corrected chi connectivity index (χ1v) is 9.64. The normalized spacial score (nSPS) is 14.4. The van der Waals surface area contributed by atoms with E-state index in [1.807, 2.05) is 24.3 Å². The summed E-state index contributed by atoms with van der Waals surface area (Å²) in [6.07, 6.45) is 0.646. The topological polar surface area (TPSA) is 83.7 Å². The lowest BCUT2D eigenvalue weighted by Gasteiger charge is -2.25. The summed E-state index contributed by atoms with van der Waals surface area (Å²) < 4.78 is 0.895. The quantitative estimate of drug-likeness (QED) is 0.649. The van der Waals surface area contributed by atoms with Gasteiger partial charge in [-0.15, -0.1) is 11.3 Å². The summed E-state index contributed by atoms with van der Waals surface area (Å²) in [5, 5.41) is 13.0. The highest BCUT2D eigenvalue weighted by molar-refractivity contribution is 7.18. The van der Waals surface area contributed by atoms with E-state index in [0.717, 1.165) is 26.4 Å². The number of fused-ring (bicyclic) bond motifs is 2. The largest absolute Gasteiger partial charge is 0.481 e. The average Bonchev–Trinajstić information content (AvgIpc) is 3.25. The van der Waals surface area contributed by atoms with Gasteiger partial charge < -0.3 is 10.4 Å². The second kappa shape index (κ2) is 7.06. The summed E-state index contributed by atoms with van der Waals surface area (Å²) in [5.74, 6) is -1.23. The Kier molecular flexibility index (Phi) is 4.57. The number of hydrogen-bond acceptors (Lipinski definition) is 4. The van der Waals surface area contributed by atoms with E-state index in [4.69, 9.17) is 6.57 Å². The monoisotopic (exact) mass is 391 g/mol. The second-order valence-corrected chi connectivity index (χ2v) is 8.14. The molecule has 2 N–H and O–H groups in total. The van der Waals surface area contributed by atoms with Crippen molar-refractivity contribution in [2.24, 2.45) is 5.41 Å². The number of nitrogens with zero attached hydrogens (tertiary/aromatic N) is 2. The molecule has 1 aliphatic carbocycles. The van der Waals surface area contributed by atoms with Crippen LogP contribution in [0.2, 0.25) is 0 Å². The molecule has 1 aliphatic rings. The van der Waals surface area contributed by atoms with E-state index in [1.54, 1.807) is 18.2 Å². The van der Waals surface area contributed by atoms with Gasteiger partial charge in [-0.2, -0.15) is 0 Å². The van der Waals surface area contributed by atoms with Gasteiger partial charge in [0.05, 0.1) is 30.5 Å². The minimum absolute atomic E-state index is 0.207. The zero-order chi connectivity index (χ0) is 19.7. The van der Waals surface area contributed by atoms with Crippen molar-refractivity contribution in [2.75, 3.05) is 0 Å². The van der Waals surface area contributed by atoms with Gasteiger partial charge in [0.2, 0.25) is 5.91 Å². The van der Waals surface area contributed by atoms with Crippen molar-refractivity contribution >= 4 is 39.1 Å². The third-order valence-electron chi connectivity index (χ3n) is 5.09. The number of nitrogens with one attached hydrogen (secondary N) is 1. The Balaban J connectivity index is 1.53. The van der Waals surface area contributed by atoms with Crippen molar-refractivity contribution in [3.8, 4) is 0 Å². The van der Waals surface area contributed by atoms with E-state index in [0.29, 0.717) is 18.5 Å². The minimum Gasteiger partial charge on any atom is -0.481 e. The highest BCUT2D eigenvalue weighted by Gasteiger charge is 2.45. The predicted molar refractivity (Wildman–Crippen MR) is 106 cm³/mol. The van der Waals surface area contributed by atoms with Crippen molar-refractivity contribution in [2.45, 2.75) is 25.8 Å². The lowest BCUT2D eigenvalue weighted by Crippen LogP contribution is -2.43. The fourth-order valence-corrected chi connectivity index (χ4v) is 4.74. The molecule has 0 bridgehead atoms. The van der Waals surface area contributed by atoms with E-state index in [1.165, 1.54) is 11.3 Å². The molecule has 1 amide bonds. The van der Waals surface area contributed by atoms with Gasteiger partial charge >= 0.3 is 5.97 Å². The molecule has 1 aromatic heterocycles. The fourth-order valence-electron chi connectivity index (χ4n) is 3.80. The predicted octanol–water partition coefficient (Wildman–Crippen LogP) is 3.72. The third kappa shape index (κ3) is 3.35. The molecule has 0 atom stereocenters. The Morgan fingerprint density at radius 3 is 2.57 bits per heavy atom. The molecular formula is C21H17N3O3S. The molecule has 3 aromatic rings. The van der Waals surface area contributed by atoms with E-state index in [-0.39, 0.29) is 18.9 Å². The van der Waals surface area contributed by atoms with Crippen LogP contribution in [0.5, 0.6) is 0 Å². The van der Waals surface area contributed by atoms with Crippen LogP contribution in [0, 0.1) is 12.0 Å². The van der Waals surface area contributed by atoms with Crippen molar-refractivity contribution in [1.29, 1.82) is 0 Å². The van der Waals surface area contributed by atoms with Crippen LogP contribution in [0.4, 0.5) is 5.69 Å². The number of hydrogen-bond donors (Lipinski definition) is 2. The number of carbonyl (C=O) groups excluding carboxylic acids is 1. The smallest absolute Gasteiger partial charge is 0.304 e. The Morgan fingerprint density at radius 1 is 1.21 bits per heavy atom. The van der Waals surface area contributed by atoms with Gasteiger partial charge in [0.15, 0.2) is 5.69 Å². The van der Waals surface area contributed by atoms with Gasteiger partial charge in [0, 0.05) is 4.70 Å². The number of carboxylic acids is 1. The number of benzene rings is 2. The number of thiazole rings is 1. The summed E-state index contributed by atoms with van der Waals surface area (Å²) in [4.78, 5) is 32.4. The molecule has 140 valence electrons. The highest BCUT2D eigenvalue weighted by atomic mass is 32.1. The SMILES string of the molecule is [C-]#[N+]c1ccc2nc(CNC(=O)C3(CC(=O)O)Cc4ccccc4C3)sc2c1. The van der Waals surface area contributed by atoms with Crippen molar-refractivity contribution < 1.29 is 14.7 Å². The van der Waals surface area contributed by atoms with E-state index in [9.17, 15) is 14.7 Å². The Labute approximate surface area is 165 Å². The maximum Gasteiger partial charge on any atom is 0.304 e. The summed E-state index contributed by atoms with van der Waals surface area (Å²) in [7, 11) is 0. The molecule has 1 heterocycles. The molecule has 2 aromatic carbocycles. The zero-order valence-electron chi connectivity index (χ0n) is 14.9. The molecule has 0 saturated carbocycles. The Hall–Kier alpha value is -3.24.